The van der Waals surface area contributed by atoms with Crippen LogP contribution in [0, 0.1) is 47.3 Å². The van der Waals surface area contributed by atoms with E-state index < -0.39 is 0 Å². The van der Waals surface area contributed by atoms with Gasteiger partial charge in [0.1, 0.15) is 0 Å². The van der Waals surface area contributed by atoms with Crippen molar-refractivity contribution < 1.29 is 5.71 Å². The second-order valence-electron chi connectivity index (χ2n) is 13.2. The minimum atomic E-state index is 0. The van der Waals surface area contributed by atoms with Crippen molar-refractivity contribution in [3.63, 3.8) is 0 Å². The van der Waals surface area contributed by atoms with Gasteiger partial charge >= 0.3 is 0 Å². The molecule has 4 rings (SSSR count). The lowest BCUT2D eigenvalue weighted by Crippen LogP contribution is -2.25. The number of allylic oxidation sites excluding steroid dienone is 4. The Kier molecular flexibility index (Phi) is 13.6. The molecule has 35 heavy (non-hydrogen) atoms. The SMILES string of the molecule is C/C=C/C1CCC(C2CCC(CC)CC2)CC1.C/C=C/C1CCC(C2CCC(CCC)CC2)CC1.[HH].[HH].[HH].[HH]. The number of hydrogen-bond donors (Lipinski definition) is 0. The Morgan fingerprint density at radius 3 is 1.14 bits per heavy atom. The molecule has 0 aliphatic heterocycles. The molecule has 0 N–H and O–H groups in total. The maximum atomic E-state index is 2.44. The number of rotatable bonds is 7. The fourth-order valence-corrected chi connectivity index (χ4v) is 8.59. The third-order valence-electron chi connectivity index (χ3n) is 11.0. The van der Waals surface area contributed by atoms with Crippen LogP contribution in [0.1, 0.15) is 155 Å². The van der Waals surface area contributed by atoms with Crippen LogP contribution in [0.5, 0.6) is 0 Å². The van der Waals surface area contributed by atoms with Crippen molar-refractivity contribution in [2.75, 3.05) is 0 Å². The average molecular weight is 491 g/mol. The van der Waals surface area contributed by atoms with E-state index in [0.29, 0.717) is 0 Å². The van der Waals surface area contributed by atoms with Gasteiger partial charge in [-0.1, -0.05) is 83.1 Å². The maximum Gasteiger partial charge on any atom is 0 e. The van der Waals surface area contributed by atoms with Crippen LogP contribution in [0.3, 0.4) is 0 Å². The summed E-state index contributed by atoms with van der Waals surface area (Å²) in [5.41, 5.74) is 0. The molecular formula is C35H70. The van der Waals surface area contributed by atoms with Gasteiger partial charge in [0.2, 0.25) is 0 Å². The summed E-state index contributed by atoms with van der Waals surface area (Å²) in [5, 5.41) is 0. The van der Waals surface area contributed by atoms with Crippen molar-refractivity contribution in [1.82, 2.24) is 0 Å². The first-order valence-electron chi connectivity index (χ1n) is 16.4. The summed E-state index contributed by atoms with van der Waals surface area (Å²) < 4.78 is 0. The van der Waals surface area contributed by atoms with Crippen LogP contribution in [-0.2, 0) is 0 Å². The van der Waals surface area contributed by atoms with Gasteiger partial charge in [-0.15, -0.1) is 0 Å². The third kappa shape index (κ3) is 9.70. The van der Waals surface area contributed by atoms with Crippen LogP contribution < -0.4 is 0 Å². The van der Waals surface area contributed by atoms with E-state index in [-0.39, 0.29) is 5.71 Å². The molecule has 0 unspecified atom stereocenters. The molecule has 4 saturated carbocycles. The van der Waals surface area contributed by atoms with Crippen molar-refractivity contribution in [2.24, 2.45) is 47.3 Å². The second-order valence-corrected chi connectivity index (χ2v) is 13.2. The Labute approximate surface area is 227 Å². The molecule has 0 heterocycles. The molecule has 4 aliphatic rings. The Morgan fingerprint density at radius 2 is 0.829 bits per heavy atom. The summed E-state index contributed by atoms with van der Waals surface area (Å²) in [4.78, 5) is 0. The molecule has 0 radical (unpaired) electrons. The minimum absolute atomic E-state index is 0. The fraction of sp³-hybridized carbons (Fsp3) is 0.886. The molecule has 0 amide bonds. The van der Waals surface area contributed by atoms with Crippen LogP contribution in [0.25, 0.3) is 0 Å². The first kappa shape index (κ1) is 29.0. The Bertz CT molecular complexity index is 586. The average Bonchev–Trinajstić information content (AvgIpc) is 2.91. The first-order valence-corrected chi connectivity index (χ1v) is 16.4. The zero-order chi connectivity index (χ0) is 24.9. The molecule has 0 nitrogen and oxygen atoms in total. The van der Waals surface area contributed by atoms with E-state index in [9.17, 15) is 0 Å². The molecule has 210 valence electrons. The van der Waals surface area contributed by atoms with E-state index >= 15 is 0 Å². The highest BCUT2D eigenvalue weighted by atomic mass is 14.4. The van der Waals surface area contributed by atoms with Crippen molar-refractivity contribution >= 4 is 0 Å². The van der Waals surface area contributed by atoms with E-state index in [1.165, 1.54) is 109 Å². The van der Waals surface area contributed by atoms with E-state index in [1.54, 1.807) is 12.8 Å². The molecule has 4 fully saturated rings. The molecule has 0 saturated heterocycles. The van der Waals surface area contributed by atoms with Crippen LogP contribution in [0.15, 0.2) is 24.3 Å². The lowest BCUT2D eigenvalue weighted by molar-refractivity contribution is 0.152. The minimum Gasteiger partial charge on any atom is -0.0914 e. The highest BCUT2D eigenvalue weighted by Crippen LogP contribution is 2.43. The Balaban J connectivity index is 0. The van der Waals surface area contributed by atoms with Gasteiger partial charge in [0.05, 0.1) is 0 Å². The van der Waals surface area contributed by atoms with Crippen LogP contribution in [-0.4, -0.2) is 0 Å². The predicted octanol–water partition coefficient (Wildman–Crippen LogP) is 12.5. The molecule has 0 aromatic heterocycles. The lowest BCUT2D eigenvalue weighted by atomic mass is 9.69. The predicted molar refractivity (Wildman–Crippen MR) is 165 cm³/mol. The van der Waals surface area contributed by atoms with Crippen molar-refractivity contribution in [1.29, 1.82) is 0 Å². The van der Waals surface area contributed by atoms with Gasteiger partial charge in [-0.25, -0.2) is 0 Å². The van der Waals surface area contributed by atoms with Gasteiger partial charge in [0.25, 0.3) is 0 Å². The van der Waals surface area contributed by atoms with Gasteiger partial charge < -0.3 is 0 Å². The summed E-state index contributed by atoms with van der Waals surface area (Å²) in [6.07, 6.45) is 37.8. The Morgan fingerprint density at radius 1 is 0.486 bits per heavy atom. The molecule has 0 spiro atoms. The van der Waals surface area contributed by atoms with Crippen LogP contribution >= 0.6 is 0 Å². The van der Waals surface area contributed by atoms with Gasteiger partial charge in [-0.2, -0.15) is 0 Å². The maximum absolute atomic E-state index is 2.44. The summed E-state index contributed by atoms with van der Waals surface area (Å²) >= 11 is 0. The normalized spacial score (nSPS) is 38.9. The van der Waals surface area contributed by atoms with E-state index in [1.807, 2.05) is 0 Å². The largest absolute Gasteiger partial charge is 0.0914 e. The smallest absolute Gasteiger partial charge is 0 e. The van der Waals surface area contributed by atoms with E-state index in [0.717, 1.165) is 47.3 Å². The molecule has 0 aromatic rings. The lowest BCUT2D eigenvalue weighted by Gasteiger charge is -2.37. The molecule has 4 aliphatic carbocycles. The van der Waals surface area contributed by atoms with Crippen LogP contribution in [0.4, 0.5) is 0 Å². The topological polar surface area (TPSA) is 0 Å². The van der Waals surface area contributed by atoms with E-state index in [2.05, 4.69) is 52.0 Å². The summed E-state index contributed by atoms with van der Waals surface area (Å²) in [6.45, 7) is 9.04. The molecule has 0 bridgehead atoms. The standard InChI is InChI=1S/C18H32.C17H30.4H2/c1-3-5-15-7-11-17(12-8-15)18-13-9-16(6-4-2)10-14-18;1-3-5-15-8-12-17(13-9-15)16-10-6-14(4-2)7-11-16;;;;/h3,5,15-18H,4,6-14H2,1-2H3;3,5,14-17H,4,6-13H2,1-2H3;4*1H/b2*5-3+;;;;. The van der Waals surface area contributed by atoms with Crippen molar-refractivity contribution in [3.05, 3.63) is 24.3 Å². The third-order valence-corrected chi connectivity index (χ3v) is 11.0. The summed E-state index contributed by atoms with van der Waals surface area (Å²) in [7, 11) is 0. The highest BCUT2D eigenvalue weighted by molar-refractivity contribution is 4.92. The van der Waals surface area contributed by atoms with E-state index in [4.69, 9.17) is 0 Å². The highest BCUT2D eigenvalue weighted by Gasteiger charge is 2.31. The summed E-state index contributed by atoms with van der Waals surface area (Å²) in [6, 6.07) is 0. The molecule has 0 atom stereocenters. The molecular weight excluding hydrogens is 420 g/mol. The van der Waals surface area contributed by atoms with Gasteiger partial charge in [-0.05, 0) is 138 Å². The summed E-state index contributed by atoms with van der Waals surface area (Å²) in [5.74, 6) is 8.28. The first-order chi connectivity index (χ1) is 17.2. The molecule has 0 heteroatoms. The zero-order valence-corrected chi connectivity index (χ0v) is 24.4. The van der Waals surface area contributed by atoms with Crippen LogP contribution in [0.2, 0.25) is 0 Å². The number of hydrogen-bond acceptors (Lipinski definition) is 0. The second kappa shape index (κ2) is 16.3. The van der Waals surface area contributed by atoms with Crippen molar-refractivity contribution in [2.45, 2.75) is 150 Å². The Hall–Kier alpha value is -0.520. The van der Waals surface area contributed by atoms with Gasteiger partial charge in [-0.3, -0.25) is 0 Å². The quantitative estimate of drug-likeness (QED) is 0.311. The van der Waals surface area contributed by atoms with Gasteiger partial charge in [0, 0.05) is 5.71 Å². The van der Waals surface area contributed by atoms with Crippen molar-refractivity contribution in [3.8, 4) is 0 Å². The molecule has 0 aromatic carbocycles. The van der Waals surface area contributed by atoms with Gasteiger partial charge in [0.15, 0.2) is 0 Å². The monoisotopic (exact) mass is 491 g/mol. The zero-order valence-electron chi connectivity index (χ0n) is 24.4. The fourth-order valence-electron chi connectivity index (χ4n) is 8.59.